The predicted molar refractivity (Wildman–Crippen MR) is 155 cm³/mol. The number of benzene rings is 3. The number of rotatable bonds is 8. The SMILES string of the molecule is CC[C@@H](C)c1nc2ccc(Br)cc2c(=O)n1N=Cc1ccc(OCC(=O)Nc2ccc(F)cc2)c(I)c1. The zero-order valence-corrected chi connectivity index (χ0v) is 23.8. The second kappa shape index (κ2) is 12.0. The zero-order chi connectivity index (χ0) is 26.5. The average Bonchev–Trinajstić information content (AvgIpc) is 2.88. The van der Waals surface area contributed by atoms with E-state index >= 15 is 0 Å². The van der Waals surface area contributed by atoms with E-state index in [1.807, 2.05) is 32.0 Å². The van der Waals surface area contributed by atoms with E-state index in [4.69, 9.17) is 9.72 Å². The van der Waals surface area contributed by atoms with Crippen LogP contribution in [0.4, 0.5) is 10.1 Å². The van der Waals surface area contributed by atoms with Gasteiger partial charge in [-0.05, 0) is 95.2 Å². The Morgan fingerprint density at radius 1 is 1.22 bits per heavy atom. The molecule has 0 saturated carbocycles. The first kappa shape index (κ1) is 26.9. The maximum Gasteiger partial charge on any atom is 0.282 e. The first-order valence-electron chi connectivity index (χ1n) is 11.5. The molecule has 1 amide bonds. The van der Waals surface area contributed by atoms with E-state index in [1.165, 1.54) is 28.9 Å². The number of amides is 1. The molecule has 0 saturated heterocycles. The number of nitrogens with zero attached hydrogens (tertiary/aromatic N) is 3. The average molecular weight is 677 g/mol. The second-order valence-electron chi connectivity index (χ2n) is 8.34. The van der Waals surface area contributed by atoms with E-state index in [-0.39, 0.29) is 29.8 Å². The molecule has 37 heavy (non-hydrogen) atoms. The molecule has 0 spiro atoms. The van der Waals surface area contributed by atoms with Crippen LogP contribution in [-0.2, 0) is 4.79 Å². The van der Waals surface area contributed by atoms with Crippen LogP contribution < -0.4 is 15.6 Å². The molecule has 1 heterocycles. The van der Waals surface area contributed by atoms with Gasteiger partial charge in [0.15, 0.2) is 6.61 Å². The maximum atomic E-state index is 13.3. The fourth-order valence-electron chi connectivity index (χ4n) is 3.49. The van der Waals surface area contributed by atoms with Crippen LogP contribution in [0.3, 0.4) is 0 Å². The number of carbonyl (C=O) groups is 1. The van der Waals surface area contributed by atoms with Crippen molar-refractivity contribution >= 4 is 67.2 Å². The Morgan fingerprint density at radius 2 is 1.97 bits per heavy atom. The molecule has 0 bridgehead atoms. The van der Waals surface area contributed by atoms with Gasteiger partial charge in [0.1, 0.15) is 17.4 Å². The number of aromatic nitrogens is 2. The second-order valence-corrected chi connectivity index (χ2v) is 10.4. The van der Waals surface area contributed by atoms with Crippen LogP contribution in [0.15, 0.2) is 75.0 Å². The Bertz CT molecular complexity index is 1540. The van der Waals surface area contributed by atoms with Gasteiger partial charge in [-0.25, -0.2) is 9.37 Å². The number of carbonyl (C=O) groups excluding carboxylic acids is 1. The molecule has 1 aromatic heterocycles. The van der Waals surface area contributed by atoms with Crippen molar-refractivity contribution in [1.29, 1.82) is 0 Å². The molecule has 0 radical (unpaired) electrons. The highest BCUT2D eigenvalue weighted by Crippen LogP contribution is 2.23. The quantitative estimate of drug-likeness (QED) is 0.175. The van der Waals surface area contributed by atoms with Crippen molar-refractivity contribution in [3.05, 3.63) is 96.3 Å². The molecule has 0 aliphatic rings. The molecular formula is C27H23BrFIN4O3. The summed E-state index contributed by atoms with van der Waals surface area (Å²) in [6.07, 6.45) is 2.41. The summed E-state index contributed by atoms with van der Waals surface area (Å²) in [5.74, 6) is 0.427. The van der Waals surface area contributed by atoms with E-state index in [2.05, 4.69) is 48.9 Å². The van der Waals surface area contributed by atoms with Crippen LogP contribution in [0, 0.1) is 9.39 Å². The molecule has 0 fully saturated rings. The summed E-state index contributed by atoms with van der Waals surface area (Å²) >= 11 is 5.53. The minimum Gasteiger partial charge on any atom is -0.483 e. The number of hydrogen-bond donors (Lipinski definition) is 1. The van der Waals surface area contributed by atoms with Crippen LogP contribution >= 0.6 is 38.5 Å². The van der Waals surface area contributed by atoms with Gasteiger partial charge in [0.05, 0.1) is 20.7 Å². The van der Waals surface area contributed by atoms with Gasteiger partial charge in [0.25, 0.3) is 11.5 Å². The highest BCUT2D eigenvalue weighted by atomic mass is 127. The summed E-state index contributed by atoms with van der Waals surface area (Å²) in [7, 11) is 0. The largest absolute Gasteiger partial charge is 0.483 e. The van der Waals surface area contributed by atoms with Crippen molar-refractivity contribution in [2.24, 2.45) is 5.10 Å². The Balaban J connectivity index is 1.52. The topological polar surface area (TPSA) is 85.6 Å². The molecule has 0 aliphatic carbocycles. The van der Waals surface area contributed by atoms with E-state index in [0.29, 0.717) is 28.2 Å². The Hall–Kier alpha value is -3.12. The minimum atomic E-state index is -0.377. The number of anilines is 1. The number of hydrogen-bond acceptors (Lipinski definition) is 5. The lowest BCUT2D eigenvalue weighted by Gasteiger charge is -2.14. The van der Waals surface area contributed by atoms with Gasteiger partial charge >= 0.3 is 0 Å². The first-order valence-corrected chi connectivity index (χ1v) is 13.4. The van der Waals surface area contributed by atoms with Gasteiger partial charge in [-0.3, -0.25) is 9.59 Å². The lowest BCUT2D eigenvalue weighted by molar-refractivity contribution is -0.118. The maximum absolute atomic E-state index is 13.3. The van der Waals surface area contributed by atoms with Gasteiger partial charge in [-0.1, -0.05) is 29.8 Å². The van der Waals surface area contributed by atoms with Gasteiger partial charge < -0.3 is 10.1 Å². The molecule has 3 aromatic carbocycles. The molecule has 0 aliphatic heterocycles. The van der Waals surface area contributed by atoms with Gasteiger partial charge in [0, 0.05) is 16.1 Å². The number of ether oxygens (including phenoxy) is 1. The molecule has 1 atom stereocenters. The van der Waals surface area contributed by atoms with Crippen LogP contribution in [0.2, 0.25) is 0 Å². The fourth-order valence-corrected chi connectivity index (χ4v) is 4.55. The summed E-state index contributed by atoms with van der Waals surface area (Å²) in [6.45, 7) is 3.85. The smallest absolute Gasteiger partial charge is 0.282 e. The van der Waals surface area contributed by atoms with Gasteiger partial charge in [-0.15, -0.1) is 0 Å². The van der Waals surface area contributed by atoms with E-state index in [1.54, 1.807) is 24.4 Å². The Labute approximate surface area is 235 Å². The van der Waals surface area contributed by atoms with Gasteiger partial charge in [-0.2, -0.15) is 9.78 Å². The fraction of sp³-hybridized carbons (Fsp3) is 0.185. The molecule has 10 heteroatoms. The van der Waals surface area contributed by atoms with Crippen molar-refractivity contribution in [3.63, 3.8) is 0 Å². The van der Waals surface area contributed by atoms with E-state index in [9.17, 15) is 14.0 Å². The predicted octanol–water partition coefficient (Wildman–Crippen LogP) is 6.32. The number of nitrogens with one attached hydrogen (secondary N) is 1. The van der Waals surface area contributed by atoms with E-state index in [0.717, 1.165) is 20.0 Å². The molecular weight excluding hydrogens is 654 g/mol. The zero-order valence-electron chi connectivity index (χ0n) is 20.0. The summed E-state index contributed by atoms with van der Waals surface area (Å²) in [4.78, 5) is 30.2. The Kier molecular flexibility index (Phi) is 8.70. The third-order valence-electron chi connectivity index (χ3n) is 5.65. The summed E-state index contributed by atoms with van der Waals surface area (Å²) in [5, 5.41) is 7.63. The third kappa shape index (κ3) is 6.61. The summed E-state index contributed by atoms with van der Waals surface area (Å²) in [6, 6.07) is 16.3. The van der Waals surface area contributed by atoms with Gasteiger partial charge in [0.2, 0.25) is 0 Å². The van der Waals surface area contributed by atoms with Crippen LogP contribution in [0.1, 0.15) is 37.6 Å². The lowest BCUT2D eigenvalue weighted by Crippen LogP contribution is -2.23. The van der Waals surface area contributed by atoms with Crippen molar-refractivity contribution in [3.8, 4) is 5.75 Å². The van der Waals surface area contributed by atoms with Crippen LogP contribution in [0.25, 0.3) is 10.9 Å². The molecule has 1 N–H and O–H groups in total. The van der Waals surface area contributed by atoms with Crippen molar-refractivity contribution in [2.75, 3.05) is 11.9 Å². The minimum absolute atomic E-state index is 0.0369. The normalized spacial score (nSPS) is 12.1. The van der Waals surface area contributed by atoms with Crippen LogP contribution in [-0.4, -0.2) is 28.4 Å². The van der Waals surface area contributed by atoms with E-state index < -0.39 is 0 Å². The summed E-state index contributed by atoms with van der Waals surface area (Å²) < 4.78 is 21.6. The van der Waals surface area contributed by atoms with Crippen molar-refractivity contribution in [2.45, 2.75) is 26.2 Å². The summed E-state index contributed by atoms with van der Waals surface area (Å²) in [5.41, 5.74) is 1.64. The number of fused-ring (bicyclic) bond motifs is 1. The highest BCUT2D eigenvalue weighted by Gasteiger charge is 2.16. The molecule has 190 valence electrons. The molecule has 0 unspecified atom stereocenters. The highest BCUT2D eigenvalue weighted by molar-refractivity contribution is 14.1. The monoisotopic (exact) mass is 676 g/mol. The van der Waals surface area contributed by atoms with Crippen molar-refractivity contribution in [1.82, 2.24) is 9.66 Å². The molecule has 4 rings (SSSR count). The van der Waals surface area contributed by atoms with Crippen LogP contribution in [0.5, 0.6) is 5.75 Å². The molecule has 4 aromatic rings. The lowest BCUT2D eigenvalue weighted by atomic mass is 10.1. The third-order valence-corrected chi connectivity index (χ3v) is 6.99. The number of halogens is 3. The Morgan fingerprint density at radius 3 is 2.68 bits per heavy atom. The first-order chi connectivity index (χ1) is 17.7. The standard InChI is InChI=1S/C27H23BrFIN4O3/c1-3-16(2)26-33-23-10-5-18(28)13-21(23)27(36)34(26)31-14-17-4-11-24(22(30)12-17)37-15-25(35)32-20-8-6-19(29)7-9-20/h4-14,16H,3,15H2,1-2H3,(H,32,35)/t16-/m1/s1. The molecule has 7 nitrogen and oxygen atoms in total. The van der Waals surface area contributed by atoms with Crippen molar-refractivity contribution < 1.29 is 13.9 Å².